The standard InChI is InChI=1S/C9H15F2NO2/c10-9(11,6-13)5-12-8(14)7-3-1-2-4-7/h7,13H,1-6H2,(H,12,14). The van der Waals surface area contributed by atoms with Gasteiger partial charge in [-0.3, -0.25) is 4.79 Å². The van der Waals surface area contributed by atoms with Crippen LogP contribution in [0.25, 0.3) is 0 Å². The number of aliphatic hydroxyl groups excluding tert-OH is 1. The monoisotopic (exact) mass is 207 g/mol. The number of nitrogens with one attached hydrogen (secondary N) is 1. The lowest BCUT2D eigenvalue weighted by molar-refractivity contribution is -0.127. The number of aliphatic hydroxyl groups is 1. The van der Waals surface area contributed by atoms with E-state index in [1.54, 1.807) is 0 Å². The number of alkyl halides is 2. The van der Waals surface area contributed by atoms with Crippen LogP contribution in [0.5, 0.6) is 0 Å². The van der Waals surface area contributed by atoms with Crippen LogP contribution in [0.15, 0.2) is 0 Å². The van der Waals surface area contributed by atoms with Crippen LogP contribution < -0.4 is 5.32 Å². The van der Waals surface area contributed by atoms with E-state index in [0.717, 1.165) is 25.7 Å². The third kappa shape index (κ3) is 3.21. The smallest absolute Gasteiger partial charge is 0.287 e. The summed E-state index contributed by atoms with van der Waals surface area (Å²) in [6.45, 7) is -1.99. The summed E-state index contributed by atoms with van der Waals surface area (Å²) in [4.78, 5) is 11.3. The molecule has 0 aromatic heterocycles. The first kappa shape index (κ1) is 11.4. The first-order valence-electron chi connectivity index (χ1n) is 4.81. The summed E-state index contributed by atoms with van der Waals surface area (Å²) in [7, 11) is 0. The Balaban J connectivity index is 2.27. The highest BCUT2D eigenvalue weighted by atomic mass is 19.3. The van der Waals surface area contributed by atoms with Crippen LogP contribution >= 0.6 is 0 Å². The summed E-state index contributed by atoms with van der Waals surface area (Å²) < 4.78 is 25.1. The Morgan fingerprint density at radius 3 is 2.50 bits per heavy atom. The Hall–Kier alpha value is -0.710. The van der Waals surface area contributed by atoms with Gasteiger partial charge in [0.2, 0.25) is 5.91 Å². The molecule has 0 unspecified atom stereocenters. The minimum absolute atomic E-state index is 0.107. The van der Waals surface area contributed by atoms with E-state index in [0.29, 0.717) is 0 Å². The van der Waals surface area contributed by atoms with Crippen LogP contribution in [0, 0.1) is 5.92 Å². The number of hydrogen-bond donors (Lipinski definition) is 2. The van der Waals surface area contributed by atoms with Crippen molar-refractivity contribution in [1.82, 2.24) is 5.32 Å². The van der Waals surface area contributed by atoms with Gasteiger partial charge in [0, 0.05) is 5.92 Å². The molecule has 1 amide bonds. The zero-order valence-corrected chi connectivity index (χ0v) is 7.93. The zero-order chi connectivity index (χ0) is 10.6. The molecule has 0 bridgehead atoms. The van der Waals surface area contributed by atoms with Gasteiger partial charge in [-0.1, -0.05) is 12.8 Å². The highest BCUT2D eigenvalue weighted by Crippen LogP contribution is 2.24. The third-order valence-corrected chi connectivity index (χ3v) is 2.48. The Kier molecular flexibility index (Phi) is 3.80. The fourth-order valence-corrected chi connectivity index (χ4v) is 1.60. The van der Waals surface area contributed by atoms with E-state index >= 15 is 0 Å². The highest BCUT2D eigenvalue weighted by molar-refractivity contribution is 5.78. The maximum absolute atomic E-state index is 12.5. The van der Waals surface area contributed by atoms with Gasteiger partial charge in [0.05, 0.1) is 6.54 Å². The van der Waals surface area contributed by atoms with Crippen LogP contribution in [0.3, 0.4) is 0 Å². The average molecular weight is 207 g/mol. The van der Waals surface area contributed by atoms with Gasteiger partial charge < -0.3 is 10.4 Å². The van der Waals surface area contributed by atoms with E-state index in [4.69, 9.17) is 5.11 Å². The van der Waals surface area contributed by atoms with Crippen molar-refractivity contribution in [1.29, 1.82) is 0 Å². The Morgan fingerprint density at radius 2 is 2.00 bits per heavy atom. The second-order valence-electron chi connectivity index (χ2n) is 3.71. The predicted molar refractivity (Wildman–Crippen MR) is 47.0 cm³/mol. The van der Waals surface area contributed by atoms with Crippen LogP contribution in [0.1, 0.15) is 25.7 Å². The molecule has 1 aliphatic rings. The molecule has 0 spiro atoms. The molecular formula is C9H15F2NO2. The second kappa shape index (κ2) is 4.68. The van der Waals surface area contributed by atoms with Gasteiger partial charge in [0.1, 0.15) is 6.61 Å². The highest BCUT2D eigenvalue weighted by Gasteiger charge is 2.30. The van der Waals surface area contributed by atoms with Crippen molar-refractivity contribution in [2.24, 2.45) is 5.92 Å². The molecule has 0 heterocycles. The fraction of sp³-hybridized carbons (Fsp3) is 0.889. The maximum Gasteiger partial charge on any atom is 0.287 e. The number of amides is 1. The normalized spacial score (nSPS) is 18.5. The first-order chi connectivity index (χ1) is 6.55. The van der Waals surface area contributed by atoms with Crippen molar-refractivity contribution >= 4 is 5.91 Å². The SMILES string of the molecule is O=C(NCC(F)(F)CO)C1CCCC1. The maximum atomic E-state index is 12.5. The van der Waals surface area contributed by atoms with Gasteiger partial charge in [-0.15, -0.1) is 0 Å². The van der Waals surface area contributed by atoms with Crippen molar-refractivity contribution in [2.75, 3.05) is 13.2 Å². The van der Waals surface area contributed by atoms with Gasteiger partial charge in [0.25, 0.3) is 5.92 Å². The molecule has 1 rings (SSSR count). The predicted octanol–water partition coefficient (Wildman–Crippen LogP) is 0.920. The summed E-state index contributed by atoms with van der Waals surface area (Å²) in [5.74, 6) is -3.62. The molecular weight excluding hydrogens is 192 g/mol. The van der Waals surface area contributed by atoms with Gasteiger partial charge >= 0.3 is 0 Å². The van der Waals surface area contributed by atoms with Crippen LogP contribution in [0.4, 0.5) is 8.78 Å². The molecule has 0 atom stereocenters. The fourth-order valence-electron chi connectivity index (χ4n) is 1.60. The van der Waals surface area contributed by atoms with Crippen molar-refractivity contribution in [3.8, 4) is 0 Å². The molecule has 0 saturated heterocycles. The number of hydrogen-bond acceptors (Lipinski definition) is 2. The number of carbonyl (C=O) groups excluding carboxylic acids is 1. The molecule has 82 valence electrons. The van der Waals surface area contributed by atoms with E-state index in [2.05, 4.69) is 5.32 Å². The van der Waals surface area contributed by atoms with E-state index in [1.165, 1.54) is 0 Å². The van der Waals surface area contributed by atoms with Crippen molar-refractivity contribution in [3.63, 3.8) is 0 Å². The molecule has 1 aliphatic carbocycles. The van der Waals surface area contributed by atoms with E-state index in [1.807, 2.05) is 0 Å². The summed E-state index contributed by atoms with van der Waals surface area (Å²) in [5.41, 5.74) is 0. The van der Waals surface area contributed by atoms with Crippen LogP contribution in [-0.2, 0) is 4.79 Å². The lowest BCUT2D eigenvalue weighted by Crippen LogP contribution is -2.41. The van der Waals surface area contributed by atoms with E-state index in [9.17, 15) is 13.6 Å². The minimum Gasteiger partial charge on any atom is -0.390 e. The van der Waals surface area contributed by atoms with Gasteiger partial charge in [0.15, 0.2) is 0 Å². The average Bonchev–Trinajstić information content (AvgIpc) is 2.67. The molecule has 3 nitrogen and oxygen atoms in total. The van der Waals surface area contributed by atoms with Gasteiger partial charge in [-0.05, 0) is 12.8 Å². The molecule has 0 aliphatic heterocycles. The molecule has 1 fully saturated rings. The molecule has 1 saturated carbocycles. The molecule has 2 N–H and O–H groups in total. The Bertz CT molecular complexity index is 203. The lowest BCUT2D eigenvalue weighted by Gasteiger charge is -2.16. The molecule has 5 heteroatoms. The van der Waals surface area contributed by atoms with E-state index in [-0.39, 0.29) is 11.8 Å². The van der Waals surface area contributed by atoms with Crippen molar-refractivity contribution in [2.45, 2.75) is 31.6 Å². The Morgan fingerprint density at radius 1 is 1.43 bits per heavy atom. The molecule has 14 heavy (non-hydrogen) atoms. The number of rotatable bonds is 4. The third-order valence-electron chi connectivity index (χ3n) is 2.48. The van der Waals surface area contributed by atoms with Gasteiger partial charge in [-0.2, -0.15) is 0 Å². The lowest BCUT2D eigenvalue weighted by atomic mass is 10.1. The van der Waals surface area contributed by atoms with Crippen LogP contribution in [-0.4, -0.2) is 30.1 Å². The Labute approximate surface area is 81.5 Å². The largest absolute Gasteiger partial charge is 0.390 e. The van der Waals surface area contributed by atoms with Gasteiger partial charge in [-0.25, -0.2) is 8.78 Å². The number of carbonyl (C=O) groups is 1. The summed E-state index contributed by atoms with van der Waals surface area (Å²) in [6.07, 6.45) is 3.57. The minimum atomic E-state index is -3.20. The topological polar surface area (TPSA) is 49.3 Å². The molecule has 0 aromatic rings. The molecule has 0 aromatic carbocycles. The second-order valence-corrected chi connectivity index (χ2v) is 3.71. The van der Waals surface area contributed by atoms with Crippen LogP contribution in [0.2, 0.25) is 0 Å². The summed E-state index contributed by atoms with van der Waals surface area (Å²) in [6, 6.07) is 0. The molecule has 0 radical (unpaired) electrons. The first-order valence-corrected chi connectivity index (χ1v) is 4.81. The van der Waals surface area contributed by atoms with E-state index < -0.39 is 19.1 Å². The van der Waals surface area contributed by atoms with Crippen molar-refractivity contribution in [3.05, 3.63) is 0 Å². The van der Waals surface area contributed by atoms with Crippen molar-refractivity contribution < 1.29 is 18.7 Å². The summed E-state index contributed by atoms with van der Waals surface area (Å²) >= 11 is 0. The number of halogens is 2. The quantitative estimate of drug-likeness (QED) is 0.720. The summed E-state index contributed by atoms with van der Waals surface area (Å²) in [5, 5.41) is 10.4. The zero-order valence-electron chi connectivity index (χ0n) is 7.93.